The van der Waals surface area contributed by atoms with Gasteiger partial charge in [0.05, 0.1) is 0 Å². The number of para-hydroxylation sites is 1. The molecule has 6 heteroatoms. The van der Waals surface area contributed by atoms with Gasteiger partial charge in [0.1, 0.15) is 31.3 Å². The number of ether oxygens (including phenoxy) is 1. The highest BCUT2D eigenvalue weighted by atomic mass is 17.2. The monoisotopic (exact) mass is 425 g/mol. The minimum atomic E-state index is -0.625. The van der Waals surface area contributed by atoms with Crippen molar-refractivity contribution in [2.75, 3.05) is 19.8 Å². The number of hydrogen-bond acceptors (Lipinski definition) is 6. The standard InChI is InChI=1S/C25H31NO5/c1-4-29-30-14-13-23-15-21-11-8-12-24(25(21)31-23)28-18-22(27)17-26(19(2)3)16-20-9-6-5-7-10-20/h4-12,15,19,22,27H,1,13-14,16-18H2,2-3H3. The molecule has 1 N–H and O–H groups in total. The van der Waals surface area contributed by atoms with Crippen molar-refractivity contribution in [3.05, 3.63) is 78.8 Å². The minimum Gasteiger partial charge on any atom is -0.487 e. The lowest BCUT2D eigenvalue weighted by Crippen LogP contribution is -2.39. The summed E-state index contributed by atoms with van der Waals surface area (Å²) in [6, 6.07) is 18.3. The van der Waals surface area contributed by atoms with Gasteiger partial charge in [-0.05, 0) is 31.5 Å². The molecule has 1 aromatic heterocycles. The molecular formula is C25H31NO5. The topological polar surface area (TPSA) is 64.3 Å². The van der Waals surface area contributed by atoms with Crippen molar-refractivity contribution in [2.45, 2.75) is 39.0 Å². The van der Waals surface area contributed by atoms with Crippen molar-refractivity contribution < 1.29 is 24.0 Å². The number of furan rings is 1. The molecule has 1 unspecified atom stereocenters. The zero-order valence-electron chi connectivity index (χ0n) is 18.2. The predicted octanol–water partition coefficient (Wildman–Crippen LogP) is 4.72. The van der Waals surface area contributed by atoms with E-state index in [1.807, 2.05) is 42.5 Å². The lowest BCUT2D eigenvalue weighted by atomic mass is 10.1. The number of nitrogens with zero attached hydrogens (tertiary/aromatic N) is 1. The van der Waals surface area contributed by atoms with E-state index in [-0.39, 0.29) is 6.61 Å². The molecule has 0 saturated carbocycles. The average molecular weight is 426 g/mol. The molecule has 0 aliphatic heterocycles. The molecule has 2 aromatic carbocycles. The van der Waals surface area contributed by atoms with E-state index in [2.05, 4.69) is 42.3 Å². The Bertz CT molecular complexity index is 937. The predicted molar refractivity (Wildman–Crippen MR) is 121 cm³/mol. The van der Waals surface area contributed by atoms with Gasteiger partial charge in [-0.2, -0.15) is 4.89 Å². The van der Waals surface area contributed by atoms with E-state index >= 15 is 0 Å². The van der Waals surface area contributed by atoms with Crippen molar-refractivity contribution in [1.29, 1.82) is 0 Å². The summed E-state index contributed by atoms with van der Waals surface area (Å²) in [7, 11) is 0. The molecule has 166 valence electrons. The van der Waals surface area contributed by atoms with Gasteiger partial charge in [0.15, 0.2) is 11.3 Å². The smallest absolute Gasteiger partial charge is 0.176 e. The highest BCUT2D eigenvalue weighted by molar-refractivity contribution is 5.83. The van der Waals surface area contributed by atoms with Gasteiger partial charge in [0, 0.05) is 30.9 Å². The van der Waals surface area contributed by atoms with Gasteiger partial charge >= 0.3 is 0 Å². The second-order valence-corrected chi connectivity index (χ2v) is 7.70. The maximum atomic E-state index is 10.6. The molecule has 0 fully saturated rings. The third-order valence-corrected chi connectivity index (χ3v) is 4.96. The van der Waals surface area contributed by atoms with Crippen molar-refractivity contribution in [3.8, 4) is 5.75 Å². The second kappa shape index (κ2) is 11.6. The molecule has 6 nitrogen and oxygen atoms in total. The molecular weight excluding hydrogens is 394 g/mol. The van der Waals surface area contributed by atoms with Crippen LogP contribution in [0, 0.1) is 0 Å². The van der Waals surface area contributed by atoms with Crippen LogP contribution in [-0.2, 0) is 22.7 Å². The Morgan fingerprint density at radius 2 is 1.94 bits per heavy atom. The lowest BCUT2D eigenvalue weighted by Gasteiger charge is -2.28. The summed E-state index contributed by atoms with van der Waals surface area (Å²) in [5.74, 6) is 1.39. The number of hydrogen-bond donors (Lipinski definition) is 1. The third kappa shape index (κ3) is 6.85. The van der Waals surface area contributed by atoms with Crippen molar-refractivity contribution in [1.82, 2.24) is 4.90 Å². The summed E-state index contributed by atoms with van der Waals surface area (Å²) in [6.07, 6.45) is 1.17. The third-order valence-electron chi connectivity index (χ3n) is 4.96. The first-order chi connectivity index (χ1) is 15.1. The van der Waals surface area contributed by atoms with E-state index in [1.165, 1.54) is 11.8 Å². The molecule has 0 spiro atoms. The molecule has 31 heavy (non-hydrogen) atoms. The zero-order chi connectivity index (χ0) is 22.1. The Morgan fingerprint density at radius 1 is 1.13 bits per heavy atom. The van der Waals surface area contributed by atoms with Gasteiger partial charge in [-0.15, -0.1) is 0 Å². The van der Waals surface area contributed by atoms with E-state index < -0.39 is 6.10 Å². The van der Waals surface area contributed by atoms with Gasteiger partial charge in [-0.1, -0.05) is 49.0 Å². The molecule has 1 heterocycles. The molecule has 0 radical (unpaired) electrons. The summed E-state index contributed by atoms with van der Waals surface area (Å²) < 4.78 is 11.9. The molecule has 0 bridgehead atoms. The fourth-order valence-electron chi connectivity index (χ4n) is 3.35. The van der Waals surface area contributed by atoms with Gasteiger partial charge < -0.3 is 19.1 Å². The van der Waals surface area contributed by atoms with Gasteiger partial charge in [0.2, 0.25) is 0 Å². The fourth-order valence-corrected chi connectivity index (χ4v) is 3.35. The number of aliphatic hydroxyl groups is 1. The zero-order valence-corrected chi connectivity index (χ0v) is 18.2. The summed E-state index contributed by atoms with van der Waals surface area (Å²) in [5.41, 5.74) is 1.89. The van der Waals surface area contributed by atoms with Gasteiger partial charge in [-0.3, -0.25) is 4.90 Å². The Kier molecular flexibility index (Phi) is 8.53. The quantitative estimate of drug-likeness (QED) is 0.185. The number of fused-ring (bicyclic) bond motifs is 1. The Morgan fingerprint density at radius 3 is 2.68 bits per heavy atom. The highest BCUT2D eigenvalue weighted by Crippen LogP contribution is 2.29. The SMILES string of the molecule is C=COOCCc1cc2cccc(OCC(O)CN(Cc3ccccc3)C(C)C)c2o1. The second-order valence-electron chi connectivity index (χ2n) is 7.70. The Labute approximate surface area is 183 Å². The summed E-state index contributed by atoms with van der Waals surface area (Å²) >= 11 is 0. The molecule has 0 amide bonds. The van der Waals surface area contributed by atoms with Crippen LogP contribution in [0.5, 0.6) is 5.75 Å². The number of rotatable bonds is 13. The maximum Gasteiger partial charge on any atom is 0.176 e. The van der Waals surface area contributed by atoms with Crippen LogP contribution >= 0.6 is 0 Å². The van der Waals surface area contributed by atoms with E-state index in [9.17, 15) is 5.11 Å². The number of aliphatic hydroxyl groups excluding tert-OH is 1. The fraction of sp³-hybridized carbons (Fsp3) is 0.360. The summed E-state index contributed by atoms with van der Waals surface area (Å²) in [5, 5.41) is 11.6. The Balaban J connectivity index is 1.57. The van der Waals surface area contributed by atoms with Gasteiger partial charge in [0.25, 0.3) is 0 Å². The van der Waals surface area contributed by atoms with E-state index in [4.69, 9.17) is 14.0 Å². The molecule has 3 aromatic rings. The molecule has 1 atom stereocenters. The van der Waals surface area contributed by atoms with Gasteiger partial charge in [-0.25, -0.2) is 0 Å². The number of benzene rings is 2. The van der Waals surface area contributed by atoms with E-state index in [0.717, 1.165) is 17.7 Å². The van der Waals surface area contributed by atoms with E-state index in [1.54, 1.807) is 0 Å². The minimum absolute atomic E-state index is 0.184. The van der Waals surface area contributed by atoms with Crippen LogP contribution in [0.25, 0.3) is 11.0 Å². The van der Waals surface area contributed by atoms with Crippen LogP contribution in [0.15, 0.2) is 71.9 Å². The van der Waals surface area contributed by atoms with Crippen molar-refractivity contribution in [2.24, 2.45) is 0 Å². The van der Waals surface area contributed by atoms with Crippen LogP contribution < -0.4 is 4.74 Å². The normalized spacial score (nSPS) is 12.4. The first-order valence-corrected chi connectivity index (χ1v) is 10.6. The molecule has 0 aliphatic carbocycles. The summed E-state index contributed by atoms with van der Waals surface area (Å²) in [6.45, 7) is 9.53. The molecule has 3 rings (SSSR count). The average Bonchev–Trinajstić information content (AvgIpc) is 3.19. The highest BCUT2D eigenvalue weighted by Gasteiger charge is 2.17. The molecule has 0 saturated heterocycles. The van der Waals surface area contributed by atoms with Crippen LogP contribution in [0.1, 0.15) is 25.2 Å². The largest absolute Gasteiger partial charge is 0.487 e. The Hall–Kier alpha value is -2.80. The van der Waals surface area contributed by atoms with Crippen LogP contribution in [-0.4, -0.2) is 41.9 Å². The van der Waals surface area contributed by atoms with E-state index in [0.29, 0.717) is 36.9 Å². The van der Waals surface area contributed by atoms with Crippen LogP contribution in [0.4, 0.5) is 0 Å². The lowest BCUT2D eigenvalue weighted by molar-refractivity contribution is -0.247. The first-order valence-electron chi connectivity index (χ1n) is 10.6. The first kappa shape index (κ1) is 22.9. The summed E-state index contributed by atoms with van der Waals surface area (Å²) in [4.78, 5) is 11.8. The maximum absolute atomic E-state index is 10.6. The van der Waals surface area contributed by atoms with Crippen LogP contribution in [0.3, 0.4) is 0 Å². The molecule has 0 aliphatic rings. The van der Waals surface area contributed by atoms with Crippen LogP contribution in [0.2, 0.25) is 0 Å². The van der Waals surface area contributed by atoms with Crippen molar-refractivity contribution >= 4 is 11.0 Å². The van der Waals surface area contributed by atoms with Crippen molar-refractivity contribution in [3.63, 3.8) is 0 Å².